The van der Waals surface area contributed by atoms with E-state index in [1.54, 1.807) is 0 Å². The SMILES string of the molecule is FC(c1ccccc1Br)C(F)(F)C(F)(F)C(F)(F)F. The second-order valence-corrected chi connectivity index (χ2v) is 4.43. The minimum absolute atomic E-state index is 0.333. The smallest absolute Gasteiger partial charge is 0.235 e. The monoisotopic (exact) mass is 356 g/mol. The van der Waals surface area contributed by atoms with Gasteiger partial charge in [0, 0.05) is 10.0 Å². The summed E-state index contributed by atoms with van der Waals surface area (Å²) in [5.74, 6) is -12.4. The van der Waals surface area contributed by atoms with Crippen LogP contribution in [0, 0.1) is 0 Å². The standard InChI is InChI=1S/C10H5BrF8/c11-6-4-2-1-3-5(6)7(12)8(13,14)9(15,16)10(17,18)19/h1-4,7H. The van der Waals surface area contributed by atoms with Gasteiger partial charge in [-0.1, -0.05) is 34.1 Å². The number of halogens is 9. The summed E-state index contributed by atoms with van der Waals surface area (Å²) in [6.07, 6.45) is -10.4. The number of hydrogen-bond acceptors (Lipinski definition) is 0. The van der Waals surface area contributed by atoms with E-state index < -0.39 is 29.8 Å². The topological polar surface area (TPSA) is 0 Å². The molecular formula is C10H5BrF8. The van der Waals surface area contributed by atoms with E-state index in [2.05, 4.69) is 15.9 Å². The molecule has 1 aromatic carbocycles. The van der Waals surface area contributed by atoms with Crippen LogP contribution < -0.4 is 0 Å². The normalized spacial score (nSPS) is 15.4. The first-order chi connectivity index (χ1) is 8.43. The second-order valence-electron chi connectivity index (χ2n) is 3.58. The summed E-state index contributed by atoms with van der Waals surface area (Å²) in [5, 5.41) is 0. The molecule has 1 aromatic rings. The highest BCUT2D eigenvalue weighted by Crippen LogP contribution is 2.53. The van der Waals surface area contributed by atoms with Crippen LogP contribution in [0.15, 0.2) is 28.7 Å². The summed E-state index contributed by atoms with van der Waals surface area (Å²) in [4.78, 5) is 0. The second kappa shape index (κ2) is 4.92. The molecule has 0 aliphatic heterocycles. The fourth-order valence-corrected chi connectivity index (χ4v) is 1.71. The van der Waals surface area contributed by atoms with Crippen molar-refractivity contribution in [2.75, 3.05) is 0 Å². The maximum Gasteiger partial charge on any atom is 0.460 e. The maximum absolute atomic E-state index is 13.4. The van der Waals surface area contributed by atoms with Gasteiger partial charge in [-0.2, -0.15) is 30.7 Å². The quantitative estimate of drug-likeness (QED) is 0.645. The first-order valence-electron chi connectivity index (χ1n) is 4.63. The predicted octanol–water partition coefficient (Wildman–Crippen LogP) is 5.29. The summed E-state index contributed by atoms with van der Waals surface area (Å²) in [5.41, 5.74) is -0.989. The average Bonchev–Trinajstić information content (AvgIpc) is 2.27. The van der Waals surface area contributed by atoms with Crippen LogP contribution in [-0.4, -0.2) is 18.0 Å². The van der Waals surface area contributed by atoms with Gasteiger partial charge in [0.2, 0.25) is 0 Å². The molecule has 0 saturated heterocycles. The Kier molecular flexibility index (Phi) is 4.19. The first kappa shape index (κ1) is 16.2. The molecule has 0 radical (unpaired) electrons. The van der Waals surface area contributed by atoms with Crippen molar-refractivity contribution in [3.63, 3.8) is 0 Å². The zero-order chi connectivity index (χ0) is 15.1. The molecule has 9 heteroatoms. The third-order valence-corrected chi connectivity index (χ3v) is 2.99. The van der Waals surface area contributed by atoms with Gasteiger partial charge in [0.25, 0.3) is 0 Å². The van der Waals surface area contributed by atoms with Gasteiger partial charge in [0.15, 0.2) is 6.17 Å². The van der Waals surface area contributed by atoms with E-state index in [4.69, 9.17) is 0 Å². The molecule has 1 atom stereocenters. The van der Waals surface area contributed by atoms with Gasteiger partial charge in [-0.05, 0) is 6.07 Å². The predicted molar refractivity (Wildman–Crippen MR) is 53.9 cm³/mol. The molecule has 0 heterocycles. The lowest BCUT2D eigenvalue weighted by Gasteiger charge is -2.30. The molecule has 0 amide bonds. The lowest BCUT2D eigenvalue weighted by Crippen LogP contribution is -2.54. The minimum atomic E-state index is -6.55. The number of benzene rings is 1. The van der Waals surface area contributed by atoms with Crippen LogP contribution in [0.25, 0.3) is 0 Å². The van der Waals surface area contributed by atoms with Crippen LogP contribution in [0.3, 0.4) is 0 Å². The lowest BCUT2D eigenvalue weighted by atomic mass is 9.99. The molecule has 108 valence electrons. The van der Waals surface area contributed by atoms with Crippen LogP contribution in [0.1, 0.15) is 11.7 Å². The summed E-state index contributed by atoms with van der Waals surface area (Å²) >= 11 is 2.61. The van der Waals surface area contributed by atoms with Gasteiger partial charge in [-0.25, -0.2) is 4.39 Å². The van der Waals surface area contributed by atoms with E-state index in [1.807, 2.05) is 0 Å². The van der Waals surface area contributed by atoms with Crippen molar-refractivity contribution in [2.24, 2.45) is 0 Å². The zero-order valence-electron chi connectivity index (χ0n) is 8.79. The summed E-state index contributed by atoms with van der Waals surface area (Å²) in [7, 11) is 0. The molecule has 1 unspecified atom stereocenters. The third-order valence-electron chi connectivity index (χ3n) is 2.27. The van der Waals surface area contributed by atoms with Crippen molar-refractivity contribution in [3.05, 3.63) is 34.3 Å². The minimum Gasteiger partial charge on any atom is -0.235 e. The molecule has 0 aliphatic rings. The van der Waals surface area contributed by atoms with Crippen LogP contribution in [-0.2, 0) is 0 Å². The fraction of sp³-hybridized carbons (Fsp3) is 0.400. The van der Waals surface area contributed by atoms with Gasteiger partial charge in [0.1, 0.15) is 0 Å². The van der Waals surface area contributed by atoms with Gasteiger partial charge >= 0.3 is 18.0 Å². The van der Waals surface area contributed by atoms with E-state index in [9.17, 15) is 35.1 Å². The van der Waals surface area contributed by atoms with Crippen LogP contribution in [0.2, 0.25) is 0 Å². The molecule has 0 aromatic heterocycles. The largest absolute Gasteiger partial charge is 0.460 e. The van der Waals surface area contributed by atoms with Crippen molar-refractivity contribution in [3.8, 4) is 0 Å². The van der Waals surface area contributed by atoms with E-state index in [0.717, 1.165) is 12.1 Å². The zero-order valence-corrected chi connectivity index (χ0v) is 10.4. The van der Waals surface area contributed by atoms with Gasteiger partial charge < -0.3 is 0 Å². The van der Waals surface area contributed by atoms with Gasteiger partial charge in [-0.15, -0.1) is 0 Å². The van der Waals surface area contributed by atoms with Crippen molar-refractivity contribution < 1.29 is 35.1 Å². The van der Waals surface area contributed by atoms with Gasteiger partial charge in [0.05, 0.1) is 0 Å². The molecule has 1 rings (SSSR count). The Morgan fingerprint density at radius 2 is 1.37 bits per heavy atom. The summed E-state index contributed by atoms with van der Waals surface area (Å²) < 4.78 is 100. The van der Waals surface area contributed by atoms with E-state index in [-0.39, 0.29) is 4.47 Å². The van der Waals surface area contributed by atoms with Crippen LogP contribution in [0.5, 0.6) is 0 Å². The third kappa shape index (κ3) is 2.70. The number of rotatable bonds is 3. The van der Waals surface area contributed by atoms with E-state index in [1.165, 1.54) is 6.07 Å². The van der Waals surface area contributed by atoms with Crippen LogP contribution >= 0.6 is 15.9 Å². The van der Waals surface area contributed by atoms with Crippen molar-refractivity contribution >= 4 is 15.9 Å². The molecule has 0 nitrogen and oxygen atoms in total. The van der Waals surface area contributed by atoms with E-state index >= 15 is 0 Å². The fourth-order valence-electron chi connectivity index (χ4n) is 1.22. The number of hydrogen-bond donors (Lipinski definition) is 0. The Bertz CT molecular complexity index is 453. The Labute approximate surface area is 110 Å². The highest BCUT2D eigenvalue weighted by atomic mass is 79.9. The highest BCUT2D eigenvalue weighted by molar-refractivity contribution is 9.10. The molecule has 0 spiro atoms. The van der Waals surface area contributed by atoms with E-state index in [0.29, 0.717) is 6.07 Å². The maximum atomic E-state index is 13.4. The molecule has 0 aliphatic carbocycles. The number of alkyl halides is 8. The summed E-state index contributed by atoms with van der Waals surface area (Å²) in [6, 6.07) is 4.04. The lowest BCUT2D eigenvalue weighted by molar-refractivity contribution is -0.367. The first-order valence-corrected chi connectivity index (χ1v) is 5.43. The molecule has 19 heavy (non-hydrogen) atoms. The molecular weight excluding hydrogens is 352 g/mol. The Morgan fingerprint density at radius 3 is 1.79 bits per heavy atom. The average molecular weight is 357 g/mol. The van der Waals surface area contributed by atoms with Gasteiger partial charge in [-0.3, -0.25) is 0 Å². The Morgan fingerprint density at radius 1 is 0.895 bits per heavy atom. The molecule has 0 bridgehead atoms. The highest BCUT2D eigenvalue weighted by Gasteiger charge is 2.76. The van der Waals surface area contributed by atoms with Crippen LogP contribution in [0.4, 0.5) is 35.1 Å². The van der Waals surface area contributed by atoms with Crippen molar-refractivity contribution in [1.29, 1.82) is 0 Å². The van der Waals surface area contributed by atoms with Crippen molar-refractivity contribution in [1.82, 2.24) is 0 Å². The Balaban J connectivity index is 3.24. The molecule has 0 N–H and O–H groups in total. The Hall–Kier alpha value is -0.860. The molecule has 0 saturated carbocycles. The summed E-state index contributed by atoms with van der Waals surface area (Å²) in [6.45, 7) is 0. The van der Waals surface area contributed by atoms with Crippen molar-refractivity contribution in [2.45, 2.75) is 24.2 Å². The molecule has 0 fully saturated rings.